The Bertz CT molecular complexity index is 1130. The van der Waals surface area contributed by atoms with Gasteiger partial charge in [-0.25, -0.2) is 0 Å². The van der Waals surface area contributed by atoms with E-state index in [0.29, 0.717) is 11.4 Å². The average molecular weight is 513 g/mol. The van der Waals surface area contributed by atoms with Gasteiger partial charge in [0.1, 0.15) is 10.8 Å². The van der Waals surface area contributed by atoms with Crippen LogP contribution in [0.1, 0.15) is 11.1 Å². The van der Waals surface area contributed by atoms with Crippen molar-refractivity contribution in [2.75, 3.05) is 37.0 Å². The lowest BCUT2D eigenvalue weighted by molar-refractivity contribution is -0.274. The Balaban J connectivity index is 1.59. The van der Waals surface area contributed by atoms with Gasteiger partial charge in [0.05, 0.1) is 0 Å². The van der Waals surface area contributed by atoms with Gasteiger partial charge in [0.2, 0.25) is 0 Å². The standard InChI is InChI=1S/C23H26F3N3O3S2/c1-16-20-4-2-3-5-21(20)33-22(16)29(34(30)31)15-18(28-12-10-27-11-13-28)14-17-6-8-19(9-7-17)32-23(24,25)26/h2-9,18,27H,10-15H2,1H3,(H,30,31)/p-1. The van der Waals surface area contributed by atoms with Gasteiger partial charge in [0.15, 0.2) is 0 Å². The normalized spacial score (nSPS) is 17.0. The Morgan fingerprint density at radius 1 is 1.18 bits per heavy atom. The van der Waals surface area contributed by atoms with Crippen molar-refractivity contribution in [3.8, 4) is 5.75 Å². The molecule has 6 nitrogen and oxygen atoms in total. The summed E-state index contributed by atoms with van der Waals surface area (Å²) in [5, 5.41) is 5.01. The summed E-state index contributed by atoms with van der Waals surface area (Å²) in [4.78, 5) is 2.24. The zero-order valence-corrected chi connectivity index (χ0v) is 20.1. The number of anilines is 1. The molecule has 11 heteroatoms. The Morgan fingerprint density at radius 3 is 2.47 bits per heavy atom. The van der Waals surface area contributed by atoms with Crippen molar-refractivity contribution in [3.05, 3.63) is 59.7 Å². The maximum absolute atomic E-state index is 12.5. The minimum atomic E-state index is -4.74. The number of piperazine rings is 1. The average Bonchev–Trinajstić information content (AvgIpc) is 3.13. The summed E-state index contributed by atoms with van der Waals surface area (Å²) in [6.07, 6.45) is -4.25. The maximum Gasteiger partial charge on any atom is 0.573 e. The Hall–Kier alpha value is -2.18. The van der Waals surface area contributed by atoms with E-state index < -0.39 is 17.6 Å². The smallest absolute Gasteiger partial charge is 0.573 e. The molecule has 34 heavy (non-hydrogen) atoms. The van der Waals surface area contributed by atoms with Crippen LogP contribution in [0.2, 0.25) is 0 Å². The van der Waals surface area contributed by atoms with Crippen molar-refractivity contribution in [1.82, 2.24) is 10.2 Å². The Labute approximate surface area is 202 Å². The Morgan fingerprint density at radius 2 is 1.85 bits per heavy atom. The summed E-state index contributed by atoms with van der Waals surface area (Å²) in [6.45, 7) is 5.25. The second-order valence-electron chi connectivity index (χ2n) is 8.14. The molecule has 1 N–H and O–H groups in total. The van der Waals surface area contributed by atoms with Gasteiger partial charge in [-0.3, -0.25) is 13.4 Å². The molecule has 2 unspecified atom stereocenters. The van der Waals surface area contributed by atoms with E-state index in [-0.39, 0.29) is 18.3 Å². The van der Waals surface area contributed by atoms with E-state index in [4.69, 9.17) is 0 Å². The highest BCUT2D eigenvalue weighted by Crippen LogP contribution is 2.38. The number of ether oxygens (including phenoxy) is 1. The number of alkyl halides is 3. The number of halogens is 3. The quantitative estimate of drug-likeness (QED) is 0.458. The van der Waals surface area contributed by atoms with Crippen LogP contribution in [0.5, 0.6) is 5.75 Å². The molecular formula is C23H25F3N3O3S2-. The SMILES string of the molecule is Cc1c(N(CC(Cc2ccc(OC(F)(F)F)cc2)N2CCNCC2)S(=O)[O-])sc2ccccc12. The highest BCUT2D eigenvalue weighted by atomic mass is 32.2. The summed E-state index contributed by atoms with van der Waals surface area (Å²) in [5.41, 5.74) is 1.72. The van der Waals surface area contributed by atoms with E-state index in [9.17, 15) is 21.9 Å². The van der Waals surface area contributed by atoms with Gasteiger partial charge in [-0.15, -0.1) is 24.5 Å². The first kappa shape index (κ1) is 24.9. The first-order valence-electron chi connectivity index (χ1n) is 10.9. The number of fused-ring (bicyclic) bond motifs is 1. The molecule has 1 aliphatic heterocycles. The zero-order chi connectivity index (χ0) is 24.3. The summed E-state index contributed by atoms with van der Waals surface area (Å²) < 4.78 is 68.6. The number of nitrogens with one attached hydrogen (secondary N) is 1. The van der Waals surface area contributed by atoms with E-state index in [1.54, 1.807) is 12.1 Å². The zero-order valence-electron chi connectivity index (χ0n) is 18.5. The van der Waals surface area contributed by atoms with Crippen LogP contribution in [0.25, 0.3) is 10.1 Å². The first-order chi connectivity index (χ1) is 16.2. The van der Waals surface area contributed by atoms with Crippen LogP contribution in [-0.2, 0) is 17.7 Å². The van der Waals surface area contributed by atoms with Crippen LogP contribution in [0.4, 0.5) is 18.2 Å². The number of nitrogens with zero attached hydrogens (tertiary/aromatic N) is 2. The summed E-state index contributed by atoms with van der Waals surface area (Å²) in [6, 6.07) is 13.4. The van der Waals surface area contributed by atoms with Gasteiger partial charge in [0, 0.05) is 54.7 Å². The third kappa shape index (κ3) is 6.08. The molecule has 0 saturated carbocycles. The number of benzene rings is 2. The highest BCUT2D eigenvalue weighted by Gasteiger charge is 2.31. The molecule has 1 fully saturated rings. The second-order valence-corrected chi connectivity index (χ2v) is 10.0. The van der Waals surface area contributed by atoms with E-state index in [0.717, 1.165) is 47.4 Å². The van der Waals surface area contributed by atoms with Crippen LogP contribution in [-0.4, -0.2) is 58.8 Å². The van der Waals surface area contributed by atoms with E-state index in [1.807, 2.05) is 31.2 Å². The van der Waals surface area contributed by atoms with Gasteiger partial charge in [-0.1, -0.05) is 30.3 Å². The molecule has 0 amide bonds. The van der Waals surface area contributed by atoms with Crippen LogP contribution in [0.15, 0.2) is 48.5 Å². The molecule has 184 valence electrons. The molecule has 0 radical (unpaired) electrons. The van der Waals surface area contributed by atoms with Crippen LogP contribution < -0.4 is 14.4 Å². The van der Waals surface area contributed by atoms with Crippen molar-refractivity contribution in [3.63, 3.8) is 0 Å². The summed E-state index contributed by atoms with van der Waals surface area (Å²) in [5.74, 6) is -0.279. The minimum Gasteiger partial charge on any atom is -0.755 e. The molecule has 1 aliphatic rings. The maximum atomic E-state index is 12.5. The third-order valence-electron chi connectivity index (χ3n) is 5.90. The number of aryl methyl sites for hydroxylation is 1. The number of rotatable bonds is 8. The molecule has 3 aromatic rings. The summed E-state index contributed by atoms with van der Waals surface area (Å²) >= 11 is -1.04. The lowest BCUT2D eigenvalue weighted by Crippen LogP contribution is -2.53. The van der Waals surface area contributed by atoms with Crippen molar-refractivity contribution in [2.45, 2.75) is 25.7 Å². The summed E-state index contributed by atoms with van der Waals surface area (Å²) in [7, 11) is 0. The lowest BCUT2D eigenvalue weighted by Gasteiger charge is -2.38. The molecular weight excluding hydrogens is 487 g/mol. The number of hydrogen-bond donors (Lipinski definition) is 1. The fourth-order valence-corrected chi connectivity index (χ4v) is 6.24. The molecule has 1 saturated heterocycles. The topological polar surface area (TPSA) is 67.9 Å². The van der Waals surface area contributed by atoms with Crippen molar-refractivity contribution < 1.29 is 26.7 Å². The Kier molecular flexibility index (Phi) is 7.78. The number of hydrogen-bond acceptors (Lipinski definition) is 6. The predicted octanol–water partition coefficient (Wildman–Crippen LogP) is 4.23. The first-order valence-corrected chi connectivity index (χ1v) is 12.7. The van der Waals surface area contributed by atoms with Gasteiger partial charge in [-0.05, 0) is 48.1 Å². The minimum absolute atomic E-state index is 0.154. The van der Waals surface area contributed by atoms with Gasteiger partial charge in [-0.2, -0.15) is 0 Å². The lowest BCUT2D eigenvalue weighted by atomic mass is 10.0. The van der Waals surface area contributed by atoms with Crippen LogP contribution >= 0.6 is 11.3 Å². The highest BCUT2D eigenvalue weighted by molar-refractivity contribution is 7.81. The van der Waals surface area contributed by atoms with Gasteiger partial charge < -0.3 is 14.6 Å². The van der Waals surface area contributed by atoms with Gasteiger partial charge >= 0.3 is 6.36 Å². The molecule has 0 spiro atoms. The fourth-order valence-electron chi connectivity index (χ4n) is 4.26. The van der Waals surface area contributed by atoms with Gasteiger partial charge in [0.25, 0.3) is 0 Å². The van der Waals surface area contributed by atoms with Crippen LogP contribution in [0.3, 0.4) is 0 Å². The second kappa shape index (κ2) is 10.6. The molecule has 4 rings (SSSR count). The van der Waals surface area contributed by atoms with Crippen molar-refractivity contribution >= 4 is 37.7 Å². The van der Waals surface area contributed by atoms with E-state index in [1.165, 1.54) is 27.8 Å². The molecule has 1 aromatic heterocycles. The molecule has 2 heterocycles. The van der Waals surface area contributed by atoms with Crippen molar-refractivity contribution in [2.24, 2.45) is 0 Å². The fraction of sp³-hybridized carbons (Fsp3) is 0.391. The molecule has 2 atom stereocenters. The largest absolute Gasteiger partial charge is 0.755 e. The monoisotopic (exact) mass is 512 g/mol. The molecule has 0 aliphatic carbocycles. The van der Waals surface area contributed by atoms with Crippen molar-refractivity contribution in [1.29, 1.82) is 0 Å². The van der Waals surface area contributed by atoms with Crippen LogP contribution in [0, 0.1) is 6.92 Å². The van der Waals surface area contributed by atoms with E-state index >= 15 is 0 Å². The predicted molar refractivity (Wildman–Crippen MR) is 128 cm³/mol. The molecule has 0 bridgehead atoms. The van der Waals surface area contributed by atoms with E-state index in [2.05, 4.69) is 15.0 Å². The molecule has 2 aromatic carbocycles. The third-order valence-corrected chi connectivity index (χ3v) is 8.00. The number of thiophene rings is 1.